The molecule has 0 aliphatic rings. The van der Waals surface area contributed by atoms with Crippen LogP contribution in [0.1, 0.15) is 93.5 Å². The van der Waals surface area contributed by atoms with Gasteiger partial charge in [0.15, 0.2) is 0 Å². The largest absolute Gasteiger partial charge is 0.494 e. The van der Waals surface area contributed by atoms with E-state index in [0.717, 1.165) is 103 Å². The number of carbonyl (C=O) groups is 3. The van der Waals surface area contributed by atoms with Gasteiger partial charge in [0.25, 0.3) is 6.47 Å². The van der Waals surface area contributed by atoms with Crippen molar-refractivity contribution in [1.82, 2.24) is 0 Å². The summed E-state index contributed by atoms with van der Waals surface area (Å²) in [5, 5.41) is 4.14. The SMILES string of the molecule is C=CC/C=C(\C=C/CCC(C)OCc1ccc2cc(OCCCCCCOC(=O)C=C)ccc2c1)OC(=O)c1ccc2cc(OCCCCCCOC=O)ccc2c1. The first kappa shape index (κ1) is 45.0. The van der Waals surface area contributed by atoms with Crippen LogP contribution in [0.5, 0.6) is 11.5 Å². The van der Waals surface area contributed by atoms with Gasteiger partial charge in [-0.05, 0) is 159 Å². The van der Waals surface area contributed by atoms with Gasteiger partial charge >= 0.3 is 11.9 Å². The monoisotopic (exact) mass is 790 g/mol. The van der Waals surface area contributed by atoms with E-state index in [1.54, 1.807) is 12.1 Å². The summed E-state index contributed by atoms with van der Waals surface area (Å²) in [5.41, 5.74) is 1.57. The van der Waals surface area contributed by atoms with Crippen LogP contribution in [-0.4, -0.2) is 50.9 Å². The topological polar surface area (TPSA) is 107 Å². The molecule has 0 aromatic heterocycles. The highest BCUT2D eigenvalue weighted by molar-refractivity contribution is 5.96. The average molecular weight is 791 g/mol. The van der Waals surface area contributed by atoms with Crippen molar-refractivity contribution in [1.29, 1.82) is 0 Å². The third-order valence-electron chi connectivity index (χ3n) is 9.39. The summed E-state index contributed by atoms with van der Waals surface area (Å²) < 4.78 is 33.6. The Morgan fingerprint density at radius 3 is 1.97 bits per heavy atom. The standard InChI is InChI=1S/C49H58O9/c1-4-6-18-45(58-49(52)44-23-22-43-35-47(27-25-41(43)33-44)55-29-14-8-7-13-28-53-37-50)19-12-11-17-38(3)57-36-39-20-21-42-34-46(26-24-40(42)32-39)54-30-15-9-10-16-31-56-48(51)5-2/h4-5,12,18-27,32-35,37-38H,1-2,6-11,13-17,28-31,36H2,3H3/b19-12-,45-18+. The van der Waals surface area contributed by atoms with Crippen LogP contribution in [0.4, 0.5) is 0 Å². The van der Waals surface area contributed by atoms with Crippen LogP contribution in [0.2, 0.25) is 0 Å². The van der Waals surface area contributed by atoms with E-state index >= 15 is 0 Å². The van der Waals surface area contributed by atoms with E-state index in [-0.39, 0.29) is 12.1 Å². The number of unbranched alkanes of at least 4 members (excludes halogenated alkanes) is 6. The highest BCUT2D eigenvalue weighted by Crippen LogP contribution is 2.25. The van der Waals surface area contributed by atoms with Crippen molar-refractivity contribution in [2.24, 2.45) is 0 Å². The van der Waals surface area contributed by atoms with Crippen molar-refractivity contribution < 1.29 is 42.8 Å². The number of hydrogen-bond donors (Lipinski definition) is 0. The molecule has 0 heterocycles. The van der Waals surface area contributed by atoms with Crippen LogP contribution in [0, 0.1) is 0 Å². The van der Waals surface area contributed by atoms with Gasteiger partial charge in [-0.1, -0.05) is 49.1 Å². The summed E-state index contributed by atoms with van der Waals surface area (Å²) in [6.07, 6.45) is 18.3. The smallest absolute Gasteiger partial charge is 0.343 e. The number of fused-ring (bicyclic) bond motifs is 2. The molecule has 1 atom stereocenters. The molecular weight excluding hydrogens is 733 g/mol. The normalized spacial score (nSPS) is 12.0. The van der Waals surface area contributed by atoms with Gasteiger partial charge in [-0.2, -0.15) is 0 Å². The van der Waals surface area contributed by atoms with Crippen molar-refractivity contribution in [3.63, 3.8) is 0 Å². The highest BCUT2D eigenvalue weighted by atomic mass is 16.5. The molecule has 0 aliphatic carbocycles. The first-order valence-electron chi connectivity index (χ1n) is 20.4. The zero-order valence-corrected chi connectivity index (χ0v) is 33.9. The molecule has 0 amide bonds. The summed E-state index contributed by atoms with van der Waals surface area (Å²) in [6.45, 7) is 12.4. The number of ether oxygens (including phenoxy) is 6. The third kappa shape index (κ3) is 16.8. The molecule has 0 bridgehead atoms. The number of benzene rings is 4. The Hall–Kier alpha value is -5.67. The van der Waals surface area contributed by atoms with E-state index in [0.29, 0.717) is 57.3 Å². The molecule has 9 nitrogen and oxygen atoms in total. The molecule has 58 heavy (non-hydrogen) atoms. The molecule has 0 aliphatic heterocycles. The maximum absolute atomic E-state index is 13.2. The van der Waals surface area contributed by atoms with Crippen molar-refractivity contribution >= 4 is 40.0 Å². The zero-order valence-electron chi connectivity index (χ0n) is 33.9. The van der Waals surface area contributed by atoms with E-state index in [2.05, 4.69) is 50.4 Å². The molecule has 0 fully saturated rings. The van der Waals surface area contributed by atoms with Crippen LogP contribution in [-0.2, 0) is 35.1 Å². The Morgan fingerprint density at radius 2 is 1.31 bits per heavy atom. The molecule has 9 heteroatoms. The number of rotatable bonds is 29. The first-order valence-corrected chi connectivity index (χ1v) is 20.4. The molecule has 308 valence electrons. The highest BCUT2D eigenvalue weighted by Gasteiger charge is 2.11. The van der Waals surface area contributed by atoms with Crippen LogP contribution in [0.25, 0.3) is 21.5 Å². The fourth-order valence-corrected chi connectivity index (χ4v) is 6.11. The van der Waals surface area contributed by atoms with Gasteiger partial charge in [0.2, 0.25) is 0 Å². The summed E-state index contributed by atoms with van der Waals surface area (Å²) >= 11 is 0. The lowest BCUT2D eigenvalue weighted by atomic mass is 10.1. The van der Waals surface area contributed by atoms with Crippen molar-refractivity contribution in [2.45, 2.75) is 90.3 Å². The third-order valence-corrected chi connectivity index (χ3v) is 9.39. The minimum Gasteiger partial charge on any atom is -0.494 e. The Balaban J connectivity index is 1.16. The molecule has 0 saturated heterocycles. The van der Waals surface area contributed by atoms with Crippen LogP contribution >= 0.6 is 0 Å². The predicted octanol–water partition coefficient (Wildman–Crippen LogP) is 11.3. The molecule has 1 unspecified atom stereocenters. The number of carbonyl (C=O) groups excluding carboxylic acids is 3. The Labute approximate surface area is 343 Å². The second-order valence-electron chi connectivity index (χ2n) is 14.1. The molecular formula is C49H58O9. The molecule has 4 aromatic carbocycles. The molecule has 0 N–H and O–H groups in total. The van der Waals surface area contributed by atoms with Gasteiger partial charge in [0.1, 0.15) is 17.3 Å². The van der Waals surface area contributed by atoms with Crippen LogP contribution in [0.3, 0.4) is 0 Å². The minimum atomic E-state index is -0.425. The van der Waals surface area contributed by atoms with Crippen LogP contribution < -0.4 is 9.47 Å². The number of hydrogen-bond acceptors (Lipinski definition) is 9. The van der Waals surface area contributed by atoms with Gasteiger partial charge in [-0.3, -0.25) is 4.79 Å². The maximum atomic E-state index is 13.2. The molecule has 4 rings (SSSR count). The molecule has 4 aromatic rings. The Morgan fingerprint density at radius 1 is 0.707 bits per heavy atom. The number of esters is 2. The summed E-state index contributed by atoms with van der Waals surface area (Å²) in [6, 6.07) is 23.8. The van der Waals surface area contributed by atoms with E-state index in [1.807, 2.05) is 54.6 Å². The van der Waals surface area contributed by atoms with Crippen molar-refractivity contribution in [2.75, 3.05) is 26.4 Å². The zero-order chi connectivity index (χ0) is 41.2. The second kappa shape index (κ2) is 26.3. The van der Waals surface area contributed by atoms with E-state index < -0.39 is 5.97 Å². The van der Waals surface area contributed by atoms with E-state index in [4.69, 9.17) is 28.4 Å². The van der Waals surface area contributed by atoms with E-state index in [9.17, 15) is 14.4 Å². The first-order chi connectivity index (χ1) is 28.4. The van der Waals surface area contributed by atoms with E-state index in [1.165, 1.54) is 6.08 Å². The molecule has 0 spiro atoms. The minimum absolute atomic E-state index is 0.0328. The van der Waals surface area contributed by atoms with Gasteiger partial charge in [0, 0.05) is 6.08 Å². The summed E-state index contributed by atoms with van der Waals surface area (Å²) in [7, 11) is 0. The molecule has 0 radical (unpaired) electrons. The Bertz CT molecular complexity index is 1980. The fourth-order valence-electron chi connectivity index (χ4n) is 6.11. The lowest BCUT2D eigenvalue weighted by Gasteiger charge is -2.13. The quantitative estimate of drug-likeness (QED) is 0.00776. The second-order valence-corrected chi connectivity index (χ2v) is 14.1. The predicted molar refractivity (Wildman–Crippen MR) is 230 cm³/mol. The Kier molecular flexibility index (Phi) is 20.4. The number of allylic oxidation sites excluding steroid dienone is 4. The van der Waals surface area contributed by atoms with Gasteiger partial charge in [-0.15, -0.1) is 6.58 Å². The van der Waals surface area contributed by atoms with Crippen molar-refractivity contribution in [3.8, 4) is 11.5 Å². The summed E-state index contributed by atoms with van der Waals surface area (Å²) in [4.78, 5) is 34.5. The average Bonchev–Trinajstić information content (AvgIpc) is 3.24. The van der Waals surface area contributed by atoms with Gasteiger partial charge < -0.3 is 28.4 Å². The fraction of sp³-hybridized carbons (Fsp3) is 0.367. The molecule has 0 saturated carbocycles. The lowest BCUT2D eigenvalue weighted by molar-refractivity contribution is -0.137. The summed E-state index contributed by atoms with van der Waals surface area (Å²) in [5.74, 6) is 1.31. The maximum Gasteiger partial charge on any atom is 0.343 e. The van der Waals surface area contributed by atoms with Crippen molar-refractivity contribution in [3.05, 3.63) is 133 Å². The van der Waals surface area contributed by atoms with Gasteiger partial charge in [-0.25, -0.2) is 9.59 Å². The van der Waals surface area contributed by atoms with Crippen LogP contribution in [0.15, 0.2) is 122 Å². The van der Waals surface area contributed by atoms with Gasteiger partial charge in [0.05, 0.1) is 44.7 Å². The lowest BCUT2D eigenvalue weighted by Crippen LogP contribution is -2.07.